The zero-order valence-electron chi connectivity index (χ0n) is 18.3. The summed E-state index contributed by atoms with van der Waals surface area (Å²) in [6.07, 6.45) is 0. The van der Waals surface area contributed by atoms with Crippen molar-refractivity contribution in [3.63, 3.8) is 0 Å². The van der Waals surface area contributed by atoms with Crippen LogP contribution in [0.3, 0.4) is 0 Å². The van der Waals surface area contributed by atoms with Crippen molar-refractivity contribution in [2.24, 2.45) is 0 Å². The molecule has 0 bridgehead atoms. The van der Waals surface area contributed by atoms with E-state index in [9.17, 15) is 8.42 Å². The Bertz CT molecular complexity index is 943. The lowest BCUT2D eigenvalue weighted by atomic mass is 10.1. The molecule has 0 fully saturated rings. The summed E-state index contributed by atoms with van der Waals surface area (Å²) in [4.78, 5) is 2.39. The van der Waals surface area contributed by atoms with Crippen molar-refractivity contribution in [2.75, 3.05) is 39.0 Å². The molecule has 0 aliphatic heterocycles. The van der Waals surface area contributed by atoms with Crippen molar-refractivity contribution in [3.05, 3.63) is 59.7 Å². The third kappa shape index (κ3) is 6.01. The molecule has 0 saturated carbocycles. The molecule has 0 amide bonds. The van der Waals surface area contributed by atoms with Gasteiger partial charge in [-0.15, -0.1) is 0 Å². The van der Waals surface area contributed by atoms with E-state index in [0.717, 1.165) is 5.56 Å². The van der Waals surface area contributed by atoms with Crippen LogP contribution in [0.4, 0.5) is 5.69 Å². The average molecular weight is 449 g/mol. The highest BCUT2D eigenvalue weighted by molar-refractivity contribution is 7.89. The number of benzene rings is 2. The van der Waals surface area contributed by atoms with Crippen LogP contribution in [0.1, 0.15) is 31.0 Å². The minimum Gasteiger partial charge on any atom is -0.361 e. The van der Waals surface area contributed by atoms with E-state index in [0.29, 0.717) is 30.4 Å². The van der Waals surface area contributed by atoms with Crippen LogP contribution in [0, 0.1) is 6.92 Å². The van der Waals surface area contributed by atoms with Crippen LogP contribution in [0.2, 0.25) is 0 Å². The Hall–Kier alpha value is -2.00. The van der Waals surface area contributed by atoms with Crippen molar-refractivity contribution >= 4 is 33.0 Å². The Labute approximate surface area is 186 Å². The average Bonchev–Trinajstić information content (AvgIpc) is 2.71. The summed E-state index contributed by atoms with van der Waals surface area (Å²) in [6, 6.07) is 15.5. The van der Waals surface area contributed by atoms with Crippen LogP contribution in [0.25, 0.3) is 0 Å². The van der Waals surface area contributed by atoms with E-state index in [2.05, 4.69) is 27.7 Å². The Morgan fingerprint density at radius 3 is 2.27 bits per heavy atom. The zero-order valence-corrected chi connectivity index (χ0v) is 20.0. The largest absolute Gasteiger partial charge is 0.361 e. The maximum Gasteiger partial charge on any atom is 0.243 e. The van der Waals surface area contributed by atoms with Crippen LogP contribution in [-0.2, 0) is 10.0 Å². The zero-order chi connectivity index (χ0) is 22.3. The molecule has 164 valence electrons. The number of anilines is 1. The fourth-order valence-electron chi connectivity index (χ4n) is 3.24. The van der Waals surface area contributed by atoms with Crippen molar-refractivity contribution in [2.45, 2.75) is 31.7 Å². The highest BCUT2D eigenvalue weighted by atomic mass is 32.2. The Morgan fingerprint density at radius 2 is 1.70 bits per heavy atom. The second-order valence-electron chi connectivity index (χ2n) is 7.29. The van der Waals surface area contributed by atoms with Gasteiger partial charge in [-0.2, -0.15) is 4.31 Å². The lowest BCUT2D eigenvalue weighted by Gasteiger charge is -2.26. The lowest BCUT2D eigenvalue weighted by molar-refractivity contribution is 0.299. The summed E-state index contributed by atoms with van der Waals surface area (Å²) >= 11 is 5.48. The molecule has 0 spiro atoms. The Kier molecular flexibility index (Phi) is 8.78. The molecule has 0 aromatic heterocycles. The molecule has 0 saturated heterocycles. The second-order valence-corrected chi connectivity index (χ2v) is 9.64. The van der Waals surface area contributed by atoms with E-state index in [1.54, 1.807) is 18.2 Å². The number of hydrogen-bond acceptors (Lipinski definition) is 4. The number of likely N-dealkylation sites (N-methyl/N-ethyl adjacent to an activating group) is 1. The van der Waals surface area contributed by atoms with Gasteiger partial charge in [-0.3, -0.25) is 0 Å². The van der Waals surface area contributed by atoms with Gasteiger partial charge in [0.25, 0.3) is 0 Å². The summed E-state index contributed by atoms with van der Waals surface area (Å²) in [5.41, 5.74) is 2.80. The van der Waals surface area contributed by atoms with Gasteiger partial charge in [0.15, 0.2) is 5.11 Å². The predicted molar refractivity (Wildman–Crippen MR) is 128 cm³/mol. The first-order chi connectivity index (χ1) is 14.2. The molecule has 0 heterocycles. The van der Waals surface area contributed by atoms with Crippen molar-refractivity contribution in [1.29, 1.82) is 0 Å². The van der Waals surface area contributed by atoms with E-state index in [4.69, 9.17) is 12.2 Å². The van der Waals surface area contributed by atoms with E-state index in [1.165, 1.54) is 9.87 Å². The summed E-state index contributed by atoms with van der Waals surface area (Å²) < 4.78 is 27.1. The maximum atomic E-state index is 12.8. The normalized spacial score (nSPS) is 12.8. The minimum atomic E-state index is -3.53. The predicted octanol–water partition coefficient (Wildman–Crippen LogP) is 3.61. The molecule has 8 heteroatoms. The maximum absolute atomic E-state index is 12.8. The SMILES string of the molecule is CCN(CC)S(=O)(=O)c1ccc(C)c(NC(=S)NCC(c2ccccc2)N(C)C)c1. The summed E-state index contributed by atoms with van der Waals surface area (Å²) in [5.74, 6) is 0. The number of rotatable bonds is 9. The first-order valence-corrected chi connectivity index (χ1v) is 11.9. The van der Waals surface area contributed by atoms with Crippen molar-refractivity contribution in [1.82, 2.24) is 14.5 Å². The standard InChI is InChI=1S/C22H32N4O2S2/c1-6-26(7-2)30(27,28)19-14-13-17(3)20(15-19)24-22(29)23-16-21(25(4)5)18-11-9-8-10-12-18/h8-15,21H,6-7,16H2,1-5H3,(H2,23,24,29). The van der Waals surface area contributed by atoms with Gasteiger partial charge >= 0.3 is 0 Å². The second kappa shape index (κ2) is 10.9. The van der Waals surface area contributed by atoms with E-state index in [1.807, 2.05) is 53.1 Å². The molecule has 2 aromatic carbocycles. The molecule has 2 aromatic rings. The molecule has 2 N–H and O–H groups in total. The van der Waals surface area contributed by atoms with Gasteiger partial charge in [0.05, 0.1) is 10.9 Å². The van der Waals surface area contributed by atoms with Crippen molar-refractivity contribution in [3.8, 4) is 0 Å². The van der Waals surface area contributed by atoms with Gasteiger partial charge in [0.1, 0.15) is 0 Å². The van der Waals surface area contributed by atoms with Gasteiger partial charge in [0.2, 0.25) is 10.0 Å². The quantitative estimate of drug-likeness (QED) is 0.572. The smallest absolute Gasteiger partial charge is 0.243 e. The molecule has 30 heavy (non-hydrogen) atoms. The topological polar surface area (TPSA) is 64.7 Å². The molecule has 2 rings (SSSR count). The van der Waals surface area contributed by atoms with Gasteiger partial charge in [-0.1, -0.05) is 50.2 Å². The molecule has 1 atom stereocenters. The number of thiocarbonyl (C=S) groups is 1. The monoisotopic (exact) mass is 448 g/mol. The summed E-state index contributed by atoms with van der Waals surface area (Å²) in [5, 5.41) is 6.88. The molecule has 6 nitrogen and oxygen atoms in total. The van der Waals surface area contributed by atoms with E-state index >= 15 is 0 Å². The Morgan fingerprint density at radius 1 is 1.07 bits per heavy atom. The molecular weight excluding hydrogens is 416 g/mol. The molecule has 0 radical (unpaired) electrons. The van der Waals surface area contributed by atoms with Crippen LogP contribution in [0.15, 0.2) is 53.4 Å². The molecule has 0 aliphatic rings. The van der Waals surface area contributed by atoms with Gasteiger partial charge < -0.3 is 15.5 Å². The Balaban J connectivity index is 2.13. The van der Waals surface area contributed by atoms with Crippen LogP contribution < -0.4 is 10.6 Å². The third-order valence-electron chi connectivity index (χ3n) is 5.06. The first-order valence-electron chi connectivity index (χ1n) is 10.1. The van der Waals surface area contributed by atoms with Gasteiger partial charge in [-0.05, 0) is 56.5 Å². The van der Waals surface area contributed by atoms with E-state index < -0.39 is 10.0 Å². The number of nitrogens with one attached hydrogen (secondary N) is 2. The summed E-state index contributed by atoms with van der Waals surface area (Å²) in [6.45, 7) is 7.08. The fourth-order valence-corrected chi connectivity index (χ4v) is 4.92. The van der Waals surface area contributed by atoms with Crippen LogP contribution in [0.5, 0.6) is 0 Å². The van der Waals surface area contributed by atoms with Crippen LogP contribution >= 0.6 is 12.2 Å². The minimum absolute atomic E-state index is 0.154. The first kappa shape index (κ1) is 24.3. The molecule has 0 aliphatic carbocycles. The van der Waals surface area contributed by atoms with Crippen LogP contribution in [-0.4, -0.2) is 56.5 Å². The molecule has 1 unspecified atom stereocenters. The van der Waals surface area contributed by atoms with E-state index in [-0.39, 0.29) is 10.9 Å². The number of sulfonamides is 1. The number of aryl methyl sites for hydroxylation is 1. The van der Waals surface area contributed by atoms with Crippen molar-refractivity contribution < 1.29 is 8.42 Å². The number of nitrogens with zero attached hydrogens (tertiary/aromatic N) is 2. The van der Waals surface area contributed by atoms with Gasteiger partial charge in [0, 0.05) is 25.3 Å². The highest BCUT2D eigenvalue weighted by Crippen LogP contribution is 2.23. The molecular formula is C22H32N4O2S2. The number of hydrogen-bond donors (Lipinski definition) is 2. The van der Waals surface area contributed by atoms with Gasteiger partial charge in [-0.25, -0.2) is 8.42 Å². The lowest BCUT2D eigenvalue weighted by Crippen LogP contribution is -2.37. The fraction of sp³-hybridized carbons (Fsp3) is 0.409. The third-order valence-corrected chi connectivity index (χ3v) is 7.36. The highest BCUT2D eigenvalue weighted by Gasteiger charge is 2.22. The summed E-state index contributed by atoms with van der Waals surface area (Å²) in [7, 11) is 0.532.